The van der Waals surface area contributed by atoms with Gasteiger partial charge in [-0.2, -0.15) is 0 Å². The molecule has 0 radical (unpaired) electrons. The third-order valence-corrected chi connectivity index (χ3v) is 6.80. The van der Waals surface area contributed by atoms with E-state index in [1.54, 1.807) is 29.2 Å². The number of ether oxygens (including phenoxy) is 2. The van der Waals surface area contributed by atoms with Gasteiger partial charge in [-0.1, -0.05) is 31.8 Å². The Balaban J connectivity index is 2.09. The van der Waals surface area contributed by atoms with Gasteiger partial charge in [-0.05, 0) is 44.0 Å². The van der Waals surface area contributed by atoms with Crippen LogP contribution in [0, 0.1) is 0 Å². The largest absolute Gasteiger partial charge is 0.493 e. The molecular weight excluding hydrogens is 476 g/mol. The third-order valence-electron chi connectivity index (χ3n) is 6.80. The van der Waals surface area contributed by atoms with E-state index >= 15 is 0 Å². The molecule has 2 aliphatic rings. The van der Waals surface area contributed by atoms with Crippen LogP contribution in [0.1, 0.15) is 63.5 Å². The lowest BCUT2D eigenvalue weighted by Crippen LogP contribution is -2.55. The molecule has 4 atom stereocenters. The Morgan fingerprint density at radius 2 is 1.95 bits per heavy atom. The first-order valence-corrected chi connectivity index (χ1v) is 13.0. The van der Waals surface area contributed by atoms with E-state index in [0.29, 0.717) is 34.7 Å². The number of nitrogens with one attached hydrogen (secondary N) is 1. The minimum absolute atomic E-state index is 0.0614. The van der Waals surface area contributed by atoms with Crippen molar-refractivity contribution in [2.24, 2.45) is 0 Å². The zero-order chi connectivity index (χ0) is 27.1. The number of carbonyl (C=O) groups is 2. The Morgan fingerprint density at radius 3 is 2.57 bits per heavy atom. The number of nitrogens with zero attached hydrogens (tertiary/aromatic N) is 1. The molecule has 0 spiro atoms. The van der Waals surface area contributed by atoms with Crippen molar-refractivity contribution >= 4 is 11.8 Å². The SMILES string of the molecule is CCCCCCN(C(=O)C=C(C)C)[C@@H]1C=C(C(=O)NCCO)[C@@H]2c3cc(CO)cc(OC)c3O[C@@H]2[C@H]1O. The first-order valence-electron chi connectivity index (χ1n) is 13.0. The molecule has 9 nitrogen and oxygen atoms in total. The summed E-state index contributed by atoms with van der Waals surface area (Å²) in [5.74, 6) is -0.486. The molecule has 37 heavy (non-hydrogen) atoms. The van der Waals surface area contributed by atoms with E-state index in [4.69, 9.17) is 9.47 Å². The predicted molar refractivity (Wildman–Crippen MR) is 139 cm³/mol. The zero-order valence-electron chi connectivity index (χ0n) is 22.2. The highest BCUT2D eigenvalue weighted by Crippen LogP contribution is 2.51. The van der Waals surface area contributed by atoms with E-state index in [1.165, 1.54) is 7.11 Å². The number of benzene rings is 1. The summed E-state index contributed by atoms with van der Waals surface area (Å²) in [4.78, 5) is 28.2. The fourth-order valence-electron chi connectivity index (χ4n) is 5.06. The van der Waals surface area contributed by atoms with Crippen molar-refractivity contribution in [1.82, 2.24) is 10.2 Å². The molecule has 2 amide bonds. The Hall–Kier alpha value is -2.88. The van der Waals surface area contributed by atoms with Crippen LogP contribution in [0.4, 0.5) is 0 Å². The third kappa shape index (κ3) is 6.34. The summed E-state index contributed by atoms with van der Waals surface area (Å²) < 4.78 is 11.7. The number of carbonyl (C=O) groups excluding carboxylic acids is 2. The van der Waals surface area contributed by atoms with Gasteiger partial charge in [-0.15, -0.1) is 0 Å². The standard InChI is InChI=1S/C28H40N2O7/c1-5-6-7-8-10-30(23(33)12-17(2)3)21-15-20(28(35)29-9-11-31)24-19-13-18(16-32)14-22(36-4)26(19)37-27(24)25(21)34/h12-15,21,24-25,27,31-32,34H,5-11,16H2,1-4H3,(H,29,35)/t21-,24+,25+,27+/m1/s1. The maximum Gasteiger partial charge on any atom is 0.247 e. The van der Waals surface area contributed by atoms with Crippen LogP contribution >= 0.6 is 0 Å². The van der Waals surface area contributed by atoms with Gasteiger partial charge in [0, 0.05) is 30.3 Å². The zero-order valence-corrected chi connectivity index (χ0v) is 22.2. The minimum Gasteiger partial charge on any atom is -0.493 e. The molecule has 1 aliphatic carbocycles. The fourth-order valence-corrected chi connectivity index (χ4v) is 5.06. The van der Waals surface area contributed by atoms with Gasteiger partial charge in [-0.25, -0.2) is 0 Å². The summed E-state index contributed by atoms with van der Waals surface area (Å²) in [7, 11) is 1.49. The lowest BCUT2D eigenvalue weighted by atomic mass is 9.77. The molecule has 9 heteroatoms. The number of unbranched alkanes of at least 4 members (excludes halogenated alkanes) is 3. The van der Waals surface area contributed by atoms with E-state index in [9.17, 15) is 24.9 Å². The highest BCUT2D eigenvalue weighted by molar-refractivity contribution is 5.96. The summed E-state index contributed by atoms with van der Waals surface area (Å²) in [5.41, 5.74) is 2.39. The van der Waals surface area contributed by atoms with E-state index in [-0.39, 0.29) is 25.7 Å². The van der Waals surface area contributed by atoms with Crippen molar-refractivity contribution in [3.05, 3.63) is 46.6 Å². The number of aliphatic hydroxyl groups excluding tert-OH is 3. The average molecular weight is 517 g/mol. The van der Waals surface area contributed by atoms with Crippen LogP contribution < -0.4 is 14.8 Å². The molecular formula is C28H40N2O7. The Morgan fingerprint density at radius 1 is 1.19 bits per heavy atom. The predicted octanol–water partition coefficient (Wildman–Crippen LogP) is 2.19. The maximum atomic E-state index is 13.3. The summed E-state index contributed by atoms with van der Waals surface area (Å²) in [5, 5.41) is 33.3. The second-order valence-corrected chi connectivity index (χ2v) is 9.83. The lowest BCUT2D eigenvalue weighted by molar-refractivity contribution is -0.132. The van der Waals surface area contributed by atoms with Crippen LogP contribution in [0.2, 0.25) is 0 Å². The topological polar surface area (TPSA) is 129 Å². The number of amides is 2. The number of allylic oxidation sites excluding steroid dienone is 1. The first kappa shape index (κ1) is 28.7. The first-order chi connectivity index (χ1) is 17.8. The number of fused-ring (bicyclic) bond motifs is 3. The number of hydrogen-bond acceptors (Lipinski definition) is 7. The highest BCUT2D eigenvalue weighted by atomic mass is 16.5. The van der Waals surface area contributed by atoms with E-state index in [1.807, 2.05) is 13.8 Å². The summed E-state index contributed by atoms with van der Waals surface area (Å²) in [6.45, 7) is 5.82. The molecule has 1 heterocycles. The van der Waals surface area contributed by atoms with Gasteiger partial charge in [-0.3, -0.25) is 9.59 Å². The molecule has 1 aromatic rings. The molecule has 1 aliphatic heterocycles. The van der Waals surface area contributed by atoms with Crippen LogP contribution in [0.5, 0.6) is 11.5 Å². The van der Waals surface area contributed by atoms with Gasteiger partial charge in [0.05, 0.1) is 32.3 Å². The van der Waals surface area contributed by atoms with Crippen molar-refractivity contribution in [2.75, 3.05) is 26.8 Å². The average Bonchev–Trinajstić information content (AvgIpc) is 3.27. The van der Waals surface area contributed by atoms with Crippen molar-refractivity contribution in [3.63, 3.8) is 0 Å². The normalized spacial score (nSPS) is 21.8. The number of methoxy groups -OCH3 is 1. The van der Waals surface area contributed by atoms with Gasteiger partial charge < -0.3 is 35.0 Å². The van der Waals surface area contributed by atoms with Gasteiger partial charge in [0.25, 0.3) is 0 Å². The summed E-state index contributed by atoms with van der Waals surface area (Å²) in [6, 6.07) is 2.62. The molecule has 0 fully saturated rings. The van der Waals surface area contributed by atoms with Crippen molar-refractivity contribution in [1.29, 1.82) is 0 Å². The lowest BCUT2D eigenvalue weighted by Gasteiger charge is -2.40. The van der Waals surface area contributed by atoms with Crippen molar-refractivity contribution in [2.45, 2.75) is 77.2 Å². The molecule has 0 unspecified atom stereocenters. The second-order valence-electron chi connectivity index (χ2n) is 9.83. The molecule has 0 bridgehead atoms. The van der Waals surface area contributed by atoms with Crippen molar-refractivity contribution < 1.29 is 34.4 Å². The summed E-state index contributed by atoms with van der Waals surface area (Å²) in [6.07, 6.45) is 5.04. The second kappa shape index (κ2) is 13.1. The van der Waals surface area contributed by atoms with Crippen LogP contribution in [-0.4, -0.2) is 77.1 Å². The molecule has 4 N–H and O–H groups in total. The fraction of sp³-hybridized carbons (Fsp3) is 0.571. The Kier molecular flexibility index (Phi) is 10.1. The van der Waals surface area contributed by atoms with E-state index in [0.717, 1.165) is 31.3 Å². The number of aliphatic hydroxyl groups is 3. The Labute approximate surface area is 218 Å². The van der Waals surface area contributed by atoms with Gasteiger partial charge >= 0.3 is 0 Å². The molecule has 204 valence electrons. The van der Waals surface area contributed by atoms with Crippen molar-refractivity contribution in [3.8, 4) is 11.5 Å². The molecule has 1 aromatic carbocycles. The summed E-state index contributed by atoms with van der Waals surface area (Å²) >= 11 is 0. The van der Waals surface area contributed by atoms with Crippen LogP contribution in [0.15, 0.2) is 35.4 Å². The Bertz CT molecular complexity index is 1030. The molecule has 3 rings (SSSR count). The highest BCUT2D eigenvalue weighted by Gasteiger charge is 2.51. The monoisotopic (exact) mass is 516 g/mol. The maximum absolute atomic E-state index is 13.3. The molecule has 0 aromatic heterocycles. The van der Waals surface area contributed by atoms with Crippen LogP contribution in [0.3, 0.4) is 0 Å². The minimum atomic E-state index is -1.12. The van der Waals surface area contributed by atoms with Crippen LogP contribution in [-0.2, 0) is 16.2 Å². The number of hydrogen-bond donors (Lipinski definition) is 4. The van der Waals surface area contributed by atoms with Gasteiger partial charge in [0.1, 0.15) is 12.2 Å². The number of rotatable bonds is 12. The van der Waals surface area contributed by atoms with E-state index < -0.39 is 30.1 Å². The smallest absolute Gasteiger partial charge is 0.247 e. The van der Waals surface area contributed by atoms with Crippen LogP contribution in [0.25, 0.3) is 0 Å². The quantitative estimate of drug-likeness (QED) is 0.248. The molecule has 0 saturated heterocycles. The van der Waals surface area contributed by atoms with Gasteiger partial charge in [0.2, 0.25) is 11.8 Å². The molecule has 0 saturated carbocycles. The van der Waals surface area contributed by atoms with E-state index in [2.05, 4.69) is 12.2 Å². The van der Waals surface area contributed by atoms with Gasteiger partial charge in [0.15, 0.2) is 11.5 Å².